The molecule has 0 aliphatic carbocycles. The Hall–Kier alpha value is -2.05. The number of carboxylic acid groups (broad SMARTS) is 1. The molecule has 1 aromatic heterocycles. The highest BCUT2D eigenvalue weighted by Crippen LogP contribution is 2.03. The molecule has 0 aliphatic heterocycles. The molecule has 106 valence electrons. The van der Waals surface area contributed by atoms with Crippen molar-refractivity contribution in [3.63, 3.8) is 0 Å². The maximum Gasteiger partial charge on any atom is 0.320 e. The van der Waals surface area contributed by atoms with E-state index in [0.717, 1.165) is 19.3 Å². The van der Waals surface area contributed by atoms with Gasteiger partial charge in [0.15, 0.2) is 5.82 Å². The van der Waals surface area contributed by atoms with Gasteiger partial charge in [0.25, 0.3) is 0 Å². The number of urea groups is 1. The third-order valence-electron chi connectivity index (χ3n) is 2.56. The van der Waals surface area contributed by atoms with Crippen LogP contribution >= 0.6 is 0 Å². The molecule has 1 rings (SSSR count). The molecule has 1 aromatic rings. The first kappa shape index (κ1) is 15.0. The van der Waals surface area contributed by atoms with E-state index in [2.05, 4.69) is 15.7 Å². The number of unbranched alkanes of at least 4 members (excludes halogenated alkanes) is 3. The van der Waals surface area contributed by atoms with Crippen molar-refractivity contribution in [1.29, 1.82) is 0 Å². The molecule has 0 aromatic carbocycles. The van der Waals surface area contributed by atoms with Crippen LogP contribution < -0.4 is 10.6 Å². The Balaban J connectivity index is 2.00. The predicted molar refractivity (Wildman–Crippen MR) is 71.0 cm³/mol. The zero-order chi connectivity index (χ0) is 14.1. The summed E-state index contributed by atoms with van der Waals surface area (Å²) in [4.78, 5) is 21.7. The van der Waals surface area contributed by atoms with E-state index in [1.807, 2.05) is 0 Å². The lowest BCUT2D eigenvalue weighted by atomic mass is 10.1. The van der Waals surface area contributed by atoms with Crippen LogP contribution in [0.1, 0.15) is 32.1 Å². The van der Waals surface area contributed by atoms with E-state index in [1.165, 1.54) is 0 Å². The van der Waals surface area contributed by atoms with Gasteiger partial charge in [-0.3, -0.25) is 14.8 Å². The molecular weight excluding hydrogens is 248 g/mol. The van der Waals surface area contributed by atoms with Gasteiger partial charge >= 0.3 is 12.0 Å². The van der Waals surface area contributed by atoms with Crippen LogP contribution in [-0.2, 0) is 11.8 Å². The number of rotatable bonds is 8. The lowest BCUT2D eigenvalue weighted by molar-refractivity contribution is -0.137. The Morgan fingerprint density at radius 1 is 1.32 bits per heavy atom. The van der Waals surface area contributed by atoms with E-state index in [0.29, 0.717) is 18.8 Å². The number of nitrogens with one attached hydrogen (secondary N) is 2. The molecule has 0 atom stereocenters. The third-order valence-corrected chi connectivity index (χ3v) is 2.56. The van der Waals surface area contributed by atoms with Crippen LogP contribution in [0.15, 0.2) is 12.3 Å². The van der Waals surface area contributed by atoms with Crippen molar-refractivity contribution in [2.24, 2.45) is 7.05 Å². The van der Waals surface area contributed by atoms with Gasteiger partial charge in [0, 0.05) is 32.3 Å². The Morgan fingerprint density at radius 2 is 2.05 bits per heavy atom. The summed E-state index contributed by atoms with van der Waals surface area (Å²) in [6.07, 6.45) is 5.28. The standard InChI is InChI=1S/C12H20N4O3/c1-16-9-7-10(15-16)14-12(19)13-8-5-3-2-4-6-11(17)18/h7,9H,2-6,8H2,1H3,(H,17,18)(H2,13,14,15,19). The number of nitrogens with zero attached hydrogens (tertiary/aromatic N) is 2. The third kappa shape index (κ3) is 7.07. The number of aromatic nitrogens is 2. The van der Waals surface area contributed by atoms with Crippen molar-refractivity contribution in [2.45, 2.75) is 32.1 Å². The van der Waals surface area contributed by atoms with Gasteiger partial charge in [-0.15, -0.1) is 0 Å². The number of anilines is 1. The normalized spacial score (nSPS) is 10.2. The fraction of sp³-hybridized carbons (Fsp3) is 0.583. The Bertz CT molecular complexity index is 417. The molecule has 0 bridgehead atoms. The van der Waals surface area contributed by atoms with Crippen molar-refractivity contribution in [2.75, 3.05) is 11.9 Å². The van der Waals surface area contributed by atoms with Gasteiger partial charge < -0.3 is 10.4 Å². The van der Waals surface area contributed by atoms with Gasteiger partial charge in [0.05, 0.1) is 0 Å². The van der Waals surface area contributed by atoms with Crippen LogP contribution in [0.5, 0.6) is 0 Å². The molecule has 0 unspecified atom stereocenters. The summed E-state index contributed by atoms with van der Waals surface area (Å²) in [5.74, 6) is -0.241. The second kappa shape index (κ2) is 8.12. The van der Waals surface area contributed by atoms with Crippen molar-refractivity contribution in [3.8, 4) is 0 Å². The zero-order valence-corrected chi connectivity index (χ0v) is 11.1. The minimum atomic E-state index is -0.757. The molecular formula is C12H20N4O3. The van der Waals surface area contributed by atoms with E-state index in [9.17, 15) is 9.59 Å². The molecule has 0 spiro atoms. The number of aryl methyl sites for hydroxylation is 1. The summed E-state index contributed by atoms with van der Waals surface area (Å²) in [5, 5.41) is 17.8. The molecule has 19 heavy (non-hydrogen) atoms. The maximum atomic E-state index is 11.5. The molecule has 1 heterocycles. The van der Waals surface area contributed by atoms with Gasteiger partial charge in [0.2, 0.25) is 0 Å². The van der Waals surface area contributed by atoms with Crippen LogP contribution in [0.4, 0.5) is 10.6 Å². The van der Waals surface area contributed by atoms with E-state index in [4.69, 9.17) is 5.11 Å². The number of hydrogen-bond donors (Lipinski definition) is 3. The molecule has 7 nitrogen and oxygen atoms in total. The summed E-state index contributed by atoms with van der Waals surface area (Å²) in [6, 6.07) is 1.44. The van der Waals surface area contributed by atoms with Crippen LogP contribution in [0, 0.1) is 0 Å². The highest BCUT2D eigenvalue weighted by Gasteiger charge is 2.02. The van der Waals surface area contributed by atoms with Crippen LogP contribution in [0.2, 0.25) is 0 Å². The van der Waals surface area contributed by atoms with E-state index in [1.54, 1.807) is 24.0 Å². The number of hydrogen-bond acceptors (Lipinski definition) is 3. The summed E-state index contributed by atoms with van der Waals surface area (Å²) in [7, 11) is 1.78. The number of amides is 2. The highest BCUT2D eigenvalue weighted by atomic mass is 16.4. The minimum absolute atomic E-state index is 0.216. The summed E-state index contributed by atoms with van der Waals surface area (Å²) in [5.41, 5.74) is 0. The average molecular weight is 268 g/mol. The maximum absolute atomic E-state index is 11.5. The molecule has 0 fully saturated rings. The minimum Gasteiger partial charge on any atom is -0.481 e. The van der Waals surface area contributed by atoms with Crippen molar-refractivity contribution in [1.82, 2.24) is 15.1 Å². The predicted octanol–water partition coefficient (Wildman–Crippen LogP) is 1.58. The molecule has 0 saturated heterocycles. The summed E-state index contributed by atoms with van der Waals surface area (Å²) >= 11 is 0. The second-order valence-corrected chi connectivity index (χ2v) is 4.31. The average Bonchev–Trinajstić information content (AvgIpc) is 2.73. The number of carbonyl (C=O) groups is 2. The Kier molecular flexibility index (Phi) is 6.42. The largest absolute Gasteiger partial charge is 0.481 e. The van der Waals surface area contributed by atoms with Crippen molar-refractivity contribution >= 4 is 17.8 Å². The van der Waals surface area contributed by atoms with Gasteiger partial charge in [-0.25, -0.2) is 4.79 Å². The van der Waals surface area contributed by atoms with Crippen LogP contribution in [0.25, 0.3) is 0 Å². The van der Waals surface area contributed by atoms with E-state index >= 15 is 0 Å². The molecule has 2 amide bonds. The number of carboxylic acids is 1. The van der Waals surface area contributed by atoms with Gasteiger partial charge in [-0.05, 0) is 12.8 Å². The second-order valence-electron chi connectivity index (χ2n) is 4.31. The van der Waals surface area contributed by atoms with Gasteiger partial charge in [-0.1, -0.05) is 12.8 Å². The van der Waals surface area contributed by atoms with Gasteiger partial charge in [0.1, 0.15) is 0 Å². The Labute approximate surface area is 112 Å². The number of aliphatic carboxylic acids is 1. The first-order valence-corrected chi connectivity index (χ1v) is 6.34. The smallest absolute Gasteiger partial charge is 0.320 e. The van der Waals surface area contributed by atoms with Gasteiger partial charge in [-0.2, -0.15) is 5.10 Å². The van der Waals surface area contributed by atoms with E-state index in [-0.39, 0.29) is 12.5 Å². The Morgan fingerprint density at radius 3 is 2.68 bits per heavy atom. The molecule has 0 radical (unpaired) electrons. The number of carbonyl (C=O) groups excluding carboxylic acids is 1. The molecule has 3 N–H and O–H groups in total. The summed E-state index contributed by atoms with van der Waals surface area (Å²) in [6.45, 7) is 0.575. The van der Waals surface area contributed by atoms with Crippen LogP contribution in [-0.4, -0.2) is 33.4 Å². The lowest BCUT2D eigenvalue weighted by Crippen LogP contribution is -2.29. The van der Waals surface area contributed by atoms with Crippen LogP contribution in [0.3, 0.4) is 0 Å². The van der Waals surface area contributed by atoms with Crippen molar-refractivity contribution in [3.05, 3.63) is 12.3 Å². The fourth-order valence-corrected chi connectivity index (χ4v) is 1.60. The fourth-order valence-electron chi connectivity index (χ4n) is 1.60. The van der Waals surface area contributed by atoms with Crippen molar-refractivity contribution < 1.29 is 14.7 Å². The van der Waals surface area contributed by atoms with E-state index < -0.39 is 5.97 Å². The molecule has 7 heteroatoms. The topological polar surface area (TPSA) is 96.2 Å². The molecule has 0 aliphatic rings. The highest BCUT2D eigenvalue weighted by molar-refractivity contribution is 5.88. The monoisotopic (exact) mass is 268 g/mol. The first-order valence-electron chi connectivity index (χ1n) is 6.34. The zero-order valence-electron chi connectivity index (χ0n) is 11.1. The molecule has 0 saturated carbocycles. The summed E-state index contributed by atoms with van der Waals surface area (Å²) < 4.78 is 1.61. The quantitative estimate of drug-likeness (QED) is 0.623. The lowest BCUT2D eigenvalue weighted by Gasteiger charge is -2.05. The first-order chi connectivity index (χ1) is 9.08. The SMILES string of the molecule is Cn1ccc(NC(=O)NCCCCCCC(=O)O)n1.